The van der Waals surface area contributed by atoms with E-state index in [1.807, 2.05) is 0 Å². The molecule has 31 heavy (non-hydrogen) atoms. The molecule has 0 radical (unpaired) electrons. The SMILES string of the molecule is COc1ccccc1C(=O)NC(=O)COC(=O)c1c(C)nc(-c2ccco2)nc1SC. The number of nitrogens with zero attached hydrogens (tertiary/aromatic N) is 2. The molecule has 0 saturated heterocycles. The number of aromatic nitrogens is 2. The van der Waals surface area contributed by atoms with Gasteiger partial charge in [-0.05, 0) is 37.4 Å². The van der Waals surface area contributed by atoms with Crippen LogP contribution in [0.4, 0.5) is 0 Å². The summed E-state index contributed by atoms with van der Waals surface area (Å²) in [4.78, 5) is 45.6. The first-order chi connectivity index (χ1) is 14.9. The smallest absolute Gasteiger partial charge is 0.343 e. The number of esters is 1. The standard InChI is InChI=1S/C21H19N3O6S/c1-12-17(20(31-3)24-18(22-12)15-9-6-10-29-15)21(27)30-11-16(25)23-19(26)13-7-4-5-8-14(13)28-2/h4-10H,11H2,1-3H3,(H,23,25,26). The Bertz CT molecular complexity index is 1110. The van der Waals surface area contributed by atoms with E-state index in [0.717, 1.165) is 0 Å². The van der Waals surface area contributed by atoms with Gasteiger partial charge in [0.1, 0.15) is 16.3 Å². The quantitative estimate of drug-likeness (QED) is 0.335. The largest absolute Gasteiger partial charge is 0.496 e. The summed E-state index contributed by atoms with van der Waals surface area (Å²) in [5.74, 6) is -1.09. The van der Waals surface area contributed by atoms with Crippen molar-refractivity contribution in [3.8, 4) is 17.3 Å². The second-order valence-electron chi connectivity index (χ2n) is 6.15. The number of furan rings is 1. The van der Waals surface area contributed by atoms with Crippen LogP contribution < -0.4 is 10.1 Å². The van der Waals surface area contributed by atoms with Gasteiger partial charge in [0.05, 0.1) is 24.6 Å². The van der Waals surface area contributed by atoms with Crippen molar-refractivity contribution < 1.29 is 28.3 Å². The molecular weight excluding hydrogens is 422 g/mol. The van der Waals surface area contributed by atoms with Crippen molar-refractivity contribution in [2.24, 2.45) is 0 Å². The molecule has 1 aromatic carbocycles. The molecule has 2 amide bonds. The molecule has 0 spiro atoms. The fraction of sp³-hybridized carbons (Fsp3) is 0.190. The Hall–Kier alpha value is -3.66. The van der Waals surface area contributed by atoms with Crippen molar-refractivity contribution in [2.45, 2.75) is 11.9 Å². The Morgan fingerprint density at radius 3 is 2.58 bits per heavy atom. The predicted octanol–water partition coefficient (Wildman–Crippen LogP) is 2.89. The number of nitrogens with one attached hydrogen (secondary N) is 1. The Kier molecular flexibility index (Phi) is 7.03. The maximum atomic E-state index is 12.6. The van der Waals surface area contributed by atoms with Gasteiger partial charge in [0.2, 0.25) is 0 Å². The number of imide groups is 1. The average Bonchev–Trinajstić information content (AvgIpc) is 3.31. The number of aryl methyl sites for hydroxylation is 1. The monoisotopic (exact) mass is 441 g/mol. The second kappa shape index (κ2) is 9.90. The topological polar surface area (TPSA) is 121 Å². The molecule has 2 heterocycles. The number of thioether (sulfide) groups is 1. The molecule has 160 valence electrons. The highest BCUT2D eigenvalue weighted by atomic mass is 32.2. The minimum atomic E-state index is -0.777. The van der Waals surface area contributed by atoms with Gasteiger partial charge in [-0.1, -0.05) is 12.1 Å². The van der Waals surface area contributed by atoms with Gasteiger partial charge in [0.25, 0.3) is 11.8 Å². The lowest BCUT2D eigenvalue weighted by Crippen LogP contribution is -2.34. The van der Waals surface area contributed by atoms with E-state index in [2.05, 4.69) is 15.3 Å². The lowest BCUT2D eigenvalue weighted by molar-refractivity contribution is -0.123. The van der Waals surface area contributed by atoms with Crippen LogP contribution in [-0.2, 0) is 9.53 Å². The number of hydrogen-bond acceptors (Lipinski definition) is 9. The zero-order valence-electron chi connectivity index (χ0n) is 17.0. The van der Waals surface area contributed by atoms with Gasteiger partial charge in [0, 0.05) is 0 Å². The molecule has 0 saturated carbocycles. The number of rotatable bonds is 7. The molecule has 0 unspecified atom stereocenters. The molecule has 10 heteroatoms. The molecule has 3 aromatic rings. The van der Waals surface area contributed by atoms with Gasteiger partial charge >= 0.3 is 5.97 Å². The molecule has 1 N–H and O–H groups in total. The maximum Gasteiger partial charge on any atom is 0.343 e. The summed E-state index contributed by atoms with van der Waals surface area (Å²) in [5.41, 5.74) is 0.708. The van der Waals surface area contributed by atoms with Crippen LogP contribution >= 0.6 is 11.8 Å². The van der Waals surface area contributed by atoms with E-state index in [4.69, 9.17) is 13.9 Å². The van der Waals surface area contributed by atoms with Crippen LogP contribution in [0.15, 0.2) is 52.1 Å². The summed E-state index contributed by atoms with van der Waals surface area (Å²) in [6.45, 7) is 0.989. The molecule has 2 aromatic heterocycles. The third kappa shape index (κ3) is 5.10. The minimum absolute atomic E-state index is 0.145. The molecule has 0 bridgehead atoms. The van der Waals surface area contributed by atoms with Crippen LogP contribution in [-0.4, -0.2) is 47.7 Å². The summed E-state index contributed by atoms with van der Waals surface area (Å²) in [6, 6.07) is 9.86. The highest BCUT2D eigenvalue weighted by molar-refractivity contribution is 7.98. The number of benzene rings is 1. The highest BCUT2D eigenvalue weighted by Gasteiger charge is 2.22. The minimum Gasteiger partial charge on any atom is -0.496 e. The van der Waals surface area contributed by atoms with Gasteiger partial charge in [-0.3, -0.25) is 14.9 Å². The third-order valence-electron chi connectivity index (χ3n) is 4.13. The second-order valence-corrected chi connectivity index (χ2v) is 6.94. The lowest BCUT2D eigenvalue weighted by atomic mass is 10.2. The Balaban J connectivity index is 1.67. The van der Waals surface area contributed by atoms with Crippen LogP contribution in [0.25, 0.3) is 11.6 Å². The van der Waals surface area contributed by atoms with Crippen LogP contribution in [0.3, 0.4) is 0 Å². The van der Waals surface area contributed by atoms with Gasteiger partial charge in [-0.15, -0.1) is 11.8 Å². The van der Waals surface area contributed by atoms with Crippen molar-refractivity contribution in [3.63, 3.8) is 0 Å². The first-order valence-electron chi connectivity index (χ1n) is 9.05. The number of methoxy groups -OCH3 is 1. The van der Waals surface area contributed by atoms with Gasteiger partial charge < -0.3 is 13.9 Å². The fourth-order valence-corrected chi connectivity index (χ4v) is 3.32. The number of carbonyl (C=O) groups excluding carboxylic acids is 3. The number of para-hydroxylation sites is 1. The summed E-state index contributed by atoms with van der Waals surface area (Å²) < 4.78 is 15.5. The first kappa shape index (κ1) is 22.0. The summed E-state index contributed by atoms with van der Waals surface area (Å²) in [5, 5.41) is 2.55. The Labute approximate surface area is 182 Å². The van der Waals surface area contributed by atoms with Crippen molar-refractivity contribution in [1.29, 1.82) is 0 Å². The third-order valence-corrected chi connectivity index (χ3v) is 4.82. The van der Waals surface area contributed by atoms with E-state index in [-0.39, 0.29) is 11.1 Å². The number of ether oxygens (including phenoxy) is 2. The van der Waals surface area contributed by atoms with Crippen LogP contribution in [0.1, 0.15) is 26.4 Å². The van der Waals surface area contributed by atoms with Crippen molar-refractivity contribution in [2.75, 3.05) is 20.0 Å². The zero-order valence-corrected chi connectivity index (χ0v) is 17.8. The molecule has 0 aliphatic rings. The molecule has 0 aliphatic carbocycles. The molecule has 3 rings (SSSR count). The highest BCUT2D eigenvalue weighted by Crippen LogP contribution is 2.25. The molecule has 0 atom stereocenters. The number of hydrogen-bond donors (Lipinski definition) is 1. The number of carbonyl (C=O) groups is 3. The maximum absolute atomic E-state index is 12.6. The van der Waals surface area contributed by atoms with Crippen LogP contribution in [0.2, 0.25) is 0 Å². The van der Waals surface area contributed by atoms with E-state index in [0.29, 0.717) is 28.1 Å². The average molecular weight is 441 g/mol. The first-order valence-corrected chi connectivity index (χ1v) is 10.3. The van der Waals surface area contributed by atoms with E-state index in [1.165, 1.54) is 31.2 Å². The summed E-state index contributed by atoms with van der Waals surface area (Å²) in [6.07, 6.45) is 3.25. The van der Waals surface area contributed by atoms with E-state index < -0.39 is 24.4 Å². The molecule has 0 aliphatic heterocycles. The van der Waals surface area contributed by atoms with Crippen molar-refractivity contribution in [3.05, 3.63) is 59.5 Å². The van der Waals surface area contributed by atoms with Crippen LogP contribution in [0, 0.1) is 6.92 Å². The van der Waals surface area contributed by atoms with E-state index in [1.54, 1.807) is 43.5 Å². The van der Waals surface area contributed by atoms with Crippen molar-refractivity contribution >= 4 is 29.5 Å². The van der Waals surface area contributed by atoms with Crippen molar-refractivity contribution in [1.82, 2.24) is 15.3 Å². The summed E-state index contributed by atoms with van der Waals surface area (Å²) in [7, 11) is 1.42. The fourth-order valence-electron chi connectivity index (χ4n) is 2.71. The Morgan fingerprint density at radius 1 is 1.13 bits per heavy atom. The molecular formula is C21H19N3O6S. The Morgan fingerprint density at radius 2 is 1.90 bits per heavy atom. The zero-order chi connectivity index (χ0) is 22.4. The normalized spacial score (nSPS) is 10.4. The molecule has 0 fully saturated rings. The van der Waals surface area contributed by atoms with Gasteiger partial charge in [-0.2, -0.15) is 0 Å². The van der Waals surface area contributed by atoms with E-state index in [9.17, 15) is 14.4 Å². The van der Waals surface area contributed by atoms with Gasteiger partial charge in [0.15, 0.2) is 18.2 Å². The van der Waals surface area contributed by atoms with Gasteiger partial charge in [-0.25, -0.2) is 14.8 Å². The van der Waals surface area contributed by atoms with Crippen LogP contribution in [0.5, 0.6) is 5.75 Å². The van der Waals surface area contributed by atoms with E-state index >= 15 is 0 Å². The predicted molar refractivity (Wildman–Crippen MR) is 112 cm³/mol. The summed E-state index contributed by atoms with van der Waals surface area (Å²) >= 11 is 1.23. The molecule has 9 nitrogen and oxygen atoms in total. The number of amides is 2. The lowest BCUT2D eigenvalue weighted by Gasteiger charge is -2.11.